The Morgan fingerprint density at radius 3 is 2.76 bits per heavy atom. The molecule has 3 N–H and O–H groups in total. The molecule has 0 atom stereocenters. The second-order valence-corrected chi connectivity index (χ2v) is 5.85. The normalized spacial score (nSPS) is 11.8. The van der Waals surface area contributed by atoms with E-state index in [2.05, 4.69) is 36.8 Å². The van der Waals surface area contributed by atoms with Gasteiger partial charge >= 0.3 is 0 Å². The lowest BCUT2D eigenvalue weighted by atomic mass is 10.3. The van der Waals surface area contributed by atoms with Gasteiger partial charge in [0.1, 0.15) is 5.82 Å². The second kappa shape index (κ2) is 8.86. The van der Waals surface area contributed by atoms with E-state index < -0.39 is 0 Å². The average Bonchev–Trinajstić information content (AvgIpc) is 3.29. The molecule has 0 saturated carbocycles. The van der Waals surface area contributed by atoms with Crippen molar-refractivity contribution < 1.29 is 0 Å². The van der Waals surface area contributed by atoms with Crippen molar-refractivity contribution in [1.82, 2.24) is 30.4 Å². The maximum atomic E-state index is 4.60. The van der Waals surface area contributed by atoms with E-state index in [9.17, 15) is 0 Å². The van der Waals surface area contributed by atoms with E-state index in [0.29, 0.717) is 0 Å². The van der Waals surface area contributed by atoms with Gasteiger partial charge in [0.15, 0.2) is 5.96 Å². The minimum absolute atomic E-state index is 0.838. The maximum absolute atomic E-state index is 4.60. The van der Waals surface area contributed by atoms with E-state index in [1.807, 2.05) is 35.1 Å². The number of aryl methyl sites for hydroxylation is 2. The lowest BCUT2D eigenvalue weighted by Gasteiger charge is -2.11. The third kappa shape index (κ3) is 5.07. The van der Waals surface area contributed by atoms with E-state index in [1.54, 1.807) is 13.2 Å². The predicted molar refractivity (Wildman–Crippen MR) is 101 cm³/mol. The first-order chi connectivity index (χ1) is 12.3. The molecule has 1 aromatic carbocycles. The van der Waals surface area contributed by atoms with Crippen LogP contribution in [0.2, 0.25) is 0 Å². The SMILES string of the molecule is CN=C(NCCCc1nc2ccccc2[nH]1)NCCCn1cccn1. The van der Waals surface area contributed by atoms with Crippen LogP contribution in [0, 0.1) is 0 Å². The van der Waals surface area contributed by atoms with Crippen LogP contribution in [-0.2, 0) is 13.0 Å². The summed E-state index contributed by atoms with van der Waals surface area (Å²) in [5.74, 6) is 1.87. The van der Waals surface area contributed by atoms with Crippen LogP contribution >= 0.6 is 0 Å². The number of nitrogens with one attached hydrogen (secondary N) is 3. The first kappa shape index (κ1) is 17.0. The summed E-state index contributed by atoms with van der Waals surface area (Å²) in [4.78, 5) is 12.2. The van der Waals surface area contributed by atoms with E-state index in [-0.39, 0.29) is 0 Å². The fourth-order valence-corrected chi connectivity index (χ4v) is 2.69. The predicted octanol–water partition coefficient (Wildman–Crippen LogP) is 1.95. The lowest BCUT2D eigenvalue weighted by molar-refractivity contribution is 0.570. The topological polar surface area (TPSA) is 82.9 Å². The average molecular weight is 339 g/mol. The quantitative estimate of drug-likeness (QED) is 0.333. The Balaban J connectivity index is 1.32. The van der Waals surface area contributed by atoms with Gasteiger partial charge in [-0.2, -0.15) is 5.10 Å². The minimum atomic E-state index is 0.838. The highest BCUT2D eigenvalue weighted by Gasteiger charge is 2.02. The van der Waals surface area contributed by atoms with E-state index in [0.717, 1.165) is 61.7 Å². The summed E-state index contributed by atoms with van der Waals surface area (Å²) in [5, 5.41) is 10.9. The van der Waals surface area contributed by atoms with Gasteiger partial charge in [-0.25, -0.2) is 4.98 Å². The third-order valence-corrected chi connectivity index (χ3v) is 3.96. The number of imidazole rings is 1. The highest BCUT2D eigenvalue weighted by Crippen LogP contribution is 2.10. The summed E-state index contributed by atoms with van der Waals surface area (Å²) in [6, 6.07) is 10.1. The van der Waals surface area contributed by atoms with Crippen LogP contribution < -0.4 is 10.6 Å². The molecule has 0 saturated heterocycles. The van der Waals surface area contributed by atoms with Crippen molar-refractivity contribution in [2.75, 3.05) is 20.1 Å². The zero-order chi connectivity index (χ0) is 17.3. The van der Waals surface area contributed by atoms with Crippen molar-refractivity contribution >= 4 is 17.0 Å². The highest BCUT2D eigenvalue weighted by atomic mass is 15.3. The standard InChI is InChI=1S/C18H25N7/c1-19-18(21-11-5-13-25-14-6-12-22-25)20-10-4-9-17-23-15-7-2-3-8-16(15)24-17/h2-3,6-8,12,14H,4-5,9-11,13H2,1H3,(H,23,24)(H2,19,20,21). The van der Waals surface area contributed by atoms with E-state index >= 15 is 0 Å². The summed E-state index contributed by atoms with van der Waals surface area (Å²) >= 11 is 0. The smallest absolute Gasteiger partial charge is 0.190 e. The van der Waals surface area contributed by atoms with Gasteiger partial charge in [0.25, 0.3) is 0 Å². The van der Waals surface area contributed by atoms with Crippen LogP contribution in [0.3, 0.4) is 0 Å². The molecule has 0 aliphatic rings. The van der Waals surface area contributed by atoms with Gasteiger partial charge in [-0.15, -0.1) is 0 Å². The van der Waals surface area contributed by atoms with Crippen molar-refractivity contribution in [2.45, 2.75) is 25.8 Å². The summed E-state index contributed by atoms with van der Waals surface area (Å²) in [6.45, 7) is 2.63. The van der Waals surface area contributed by atoms with Crippen molar-refractivity contribution in [3.8, 4) is 0 Å². The van der Waals surface area contributed by atoms with E-state index in [1.165, 1.54) is 0 Å². The number of H-pyrrole nitrogens is 1. The molecule has 0 spiro atoms. The Bertz CT molecular complexity index is 756. The highest BCUT2D eigenvalue weighted by molar-refractivity contribution is 5.79. The molecule has 2 heterocycles. The Labute approximate surface area is 147 Å². The largest absolute Gasteiger partial charge is 0.356 e. The van der Waals surface area contributed by atoms with Crippen LogP contribution in [0.5, 0.6) is 0 Å². The van der Waals surface area contributed by atoms with Gasteiger partial charge in [0.05, 0.1) is 11.0 Å². The Morgan fingerprint density at radius 2 is 2.00 bits per heavy atom. The molecule has 3 aromatic rings. The Kier molecular flexibility index (Phi) is 6.03. The molecule has 25 heavy (non-hydrogen) atoms. The fraction of sp³-hybridized carbons (Fsp3) is 0.389. The van der Waals surface area contributed by atoms with Crippen LogP contribution in [-0.4, -0.2) is 45.8 Å². The monoisotopic (exact) mass is 339 g/mol. The second-order valence-electron chi connectivity index (χ2n) is 5.85. The van der Waals surface area contributed by atoms with Gasteiger partial charge in [-0.1, -0.05) is 12.1 Å². The number of hydrogen-bond acceptors (Lipinski definition) is 3. The number of aromatic nitrogens is 4. The fourth-order valence-electron chi connectivity index (χ4n) is 2.69. The lowest BCUT2D eigenvalue weighted by Crippen LogP contribution is -2.38. The molecule has 7 heteroatoms. The number of nitrogens with zero attached hydrogens (tertiary/aromatic N) is 4. The van der Waals surface area contributed by atoms with Crippen LogP contribution in [0.15, 0.2) is 47.7 Å². The number of aliphatic imine (C=N–C) groups is 1. The number of guanidine groups is 1. The first-order valence-corrected chi connectivity index (χ1v) is 8.71. The van der Waals surface area contributed by atoms with Gasteiger partial charge in [0.2, 0.25) is 0 Å². The van der Waals surface area contributed by atoms with Crippen LogP contribution in [0.4, 0.5) is 0 Å². The van der Waals surface area contributed by atoms with Crippen molar-refractivity contribution in [1.29, 1.82) is 0 Å². The summed E-state index contributed by atoms with van der Waals surface area (Å²) in [7, 11) is 1.79. The number of aromatic amines is 1. The van der Waals surface area contributed by atoms with Crippen molar-refractivity contribution in [3.05, 3.63) is 48.5 Å². The Hall–Kier alpha value is -2.83. The molecule has 7 nitrogen and oxygen atoms in total. The van der Waals surface area contributed by atoms with Crippen LogP contribution in [0.25, 0.3) is 11.0 Å². The maximum Gasteiger partial charge on any atom is 0.190 e. The molecule has 0 fully saturated rings. The van der Waals surface area contributed by atoms with Crippen molar-refractivity contribution in [3.63, 3.8) is 0 Å². The number of para-hydroxylation sites is 2. The van der Waals surface area contributed by atoms with Gasteiger partial charge < -0.3 is 15.6 Å². The number of benzene rings is 1. The molecule has 0 bridgehead atoms. The number of fused-ring (bicyclic) bond motifs is 1. The van der Waals surface area contributed by atoms with Crippen molar-refractivity contribution in [2.24, 2.45) is 4.99 Å². The van der Waals surface area contributed by atoms with Gasteiger partial charge in [0, 0.05) is 45.5 Å². The summed E-state index contributed by atoms with van der Waals surface area (Å²) < 4.78 is 1.94. The molecule has 0 aliphatic heterocycles. The van der Waals surface area contributed by atoms with Crippen LogP contribution in [0.1, 0.15) is 18.7 Å². The molecule has 0 amide bonds. The number of hydrogen-bond donors (Lipinski definition) is 3. The molecule has 0 unspecified atom stereocenters. The molecule has 132 valence electrons. The molecular weight excluding hydrogens is 314 g/mol. The minimum Gasteiger partial charge on any atom is -0.356 e. The zero-order valence-corrected chi connectivity index (χ0v) is 14.6. The molecule has 0 radical (unpaired) electrons. The Morgan fingerprint density at radius 1 is 1.16 bits per heavy atom. The van der Waals surface area contributed by atoms with E-state index in [4.69, 9.17) is 0 Å². The summed E-state index contributed by atoms with van der Waals surface area (Å²) in [6.07, 6.45) is 6.69. The third-order valence-electron chi connectivity index (χ3n) is 3.96. The summed E-state index contributed by atoms with van der Waals surface area (Å²) in [5.41, 5.74) is 2.13. The van der Waals surface area contributed by atoms with Gasteiger partial charge in [-0.3, -0.25) is 9.67 Å². The molecule has 3 rings (SSSR count). The van der Waals surface area contributed by atoms with Gasteiger partial charge in [-0.05, 0) is 31.0 Å². The molecular formula is C18H25N7. The molecule has 2 aromatic heterocycles. The zero-order valence-electron chi connectivity index (χ0n) is 14.6. The first-order valence-electron chi connectivity index (χ1n) is 8.71. The molecule has 0 aliphatic carbocycles. The number of rotatable bonds is 8.